The van der Waals surface area contributed by atoms with Gasteiger partial charge in [0, 0.05) is 24.4 Å². The predicted molar refractivity (Wildman–Crippen MR) is 70.3 cm³/mol. The molecule has 1 aromatic heterocycles. The zero-order chi connectivity index (χ0) is 12.6. The van der Waals surface area contributed by atoms with Crippen LogP contribution in [-0.4, -0.2) is 28.2 Å². The molecule has 2 fully saturated rings. The number of aliphatic hydroxyl groups is 1. The number of anilines is 1. The summed E-state index contributed by atoms with van der Waals surface area (Å²) in [6.07, 6.45) is 10.0. The molecule has 0 amide bonds. The highest BCUT2D eigenvalue weighted by Crippen LogP contribution is 2.64. The Morgan fingerprint density at radius 3 is 2.44 bits per heavy atom. The van der Waals surface area contributed by atoms with E-state index < -0.39 is 0 Å². The van der Waals surface area contributed by atoms with Crippen molar-refractivity contribution < 1.29 is 5.11 Å². The van der Waals surface area contributed by atoms with Crippen LogP contribution in [0.4, 0.5) is 5.95 Å². The summed E-state index contributed by atoms with van der Waals surface area (Å²) in [5.74, 6) is 0.669. The average molecular weight is 247 g/mol. The third-order valence-corrected chi connectivity index (χ3v) is 4.65. The third-order valence-electron chi connectivity index (χ3n) is 4.65. The van der Waals surface area contributed by atoms with Crippen LogP contribution in [0.25, 0.3) is 0 Å². The molecule has 3 rings (SSSR count). The van der Waals surface area contributed by atoms with Crippen molar-refractivity contribution >= 4 is 5.95 Å². The van der Waals surface area contributed by atoms with Gasteiger partial charge in [-0.05, 0) is 43.6 Å². The Bertz CT molecular complexity index is 417. The topological polar surface area (TPSA) is 58.0 Å². The highest BCUT2D eigenvalue weighted by molar-refractivity contribution is 5.26. The molecule has 2 aliphatic carbocycles. The molecule has 0 saturated heterocycles. The normalized spacial score (nSPS) is 23.2. The molecule has 18 heavy (non-hydrogen) atoms. The molecule has 1 heterocycles. The summed E-state index contributed by atoms with van der Waals surface area (Å²) < 4.78 is 0. The van der Waals surface area contributed by atoms with E-state index in [1.165, 1.54) is 19.3 Å². The van der Waals surface area contributed by atoms with Crippen molar-refractivity contribution in [1.29, 1.82) is 0 Å². The molecule has 0 radical (unpaired) electrons. The first-order valence-corrected chi connectivity index (χ1v) is 6.79. The molecule has 2 aliphatic rings. The molecule has 0 aromatic carbocycles. The Hall–Kier alpha value is -1.16. The van der Waals surface area contributed by atoms with Gasteiger partial charge in [0.25, 0.3) is 0 Å². The van der Waals surface area contributed by atoms with Crippen molar-refractivity contribution in [2.24, 2.45) is 10.8 Å². The summed E-state index contributed by atoms with van der Waals surface area (Å²) in [6, 6.07) is 0. The van der Waals surface area contributed by atoms with E-state index in [1.54, 1.807) is 0 Å². The molecule has 1 aromatic rings. The molecule has 0 atom stereocenters. The van der Waals surface area contributed by atoms with Crippen molar-refractivity contribution in [2.75, 3.05) is 18.5 Å². The van der Waals surface area contributed by atoms with Crippen LogP contribution in [0.1, 0.15) is 37.7 Å². The van der Waals surface area contributed by atoms with Crippen molar-refractivity contribution in [3.63, 3.8) is 0 Å². The molecule has 4 heteroatoms. The molecular weight excluding hydrogens is 226 g/mol. The standard InChI is InChI=1S/C14H21N3O/c1-11-5-15-12(16-6-11)17-9-14(10-18)7-13(8-14)3-2-4-13/h5-6,18H,2-4,7-10H2,1H3,(H,15,16,17). The quantitative estimate of drug-likeness (QED) is 0.856. The van der Waals surface area contributed by atoms with Crippen molar-refractivity contribution in [1.82, 2.24) is 9.97 Å². The second-order valence-electron chi connectivity index (χ2n) is 6.30. The zero-order valence-electron chi connectivity index (χ0n) is 10.9. The van der Waals surface area contributed by atoms with Crippen LogP contribution in [0, 0.1) is 17.8 Å². The molecule has 4 nitrogen and oxygen atoms in total. The maximum atomic E-state index is 9.63. The first-order chi connectivity index (χ1) is 8.65. The van der Waals surface area contributed by atoms with Gasteiger partial charge in [0.15, 0.2) is 0 Å². The van der Waals surface area contributed by atoms with Gasteiger partial charge in [-0.2, -0.15) is 0 Å². The van der Waals surface area contributed by atoms with E-state index in [2.05, 4.69) is 15.3 Å². The first kappa shape index (κ1) is 11.9. The molecule has 2 saturated carbocycles. The number of aliphatic hydroxyl groups excluding tert-OH is 1. The smallest absolute Gasteiger partial charge is 0.222 e. The fraction of sp³-hybridized carbons (Fsp3) is 0.714. The Balaban J connectivity index is 1.57. The van der Waals surface area contributed by atoms with Gasteiger partial charge >= 0.3 is 0 Å². The van der Waals surface area contributed by atoms with Crippen molar-refractivity contribution in [3.8, 4) is 0 Å². The minimum Gasteiger partial charge on any atom is -0.396 e. The minimum absolute atomic E-state index is 0.0642. The van der Waals surface area contributed by atoms with E-state index in [0.717, 1.165) is 24.9 Å². The first-order valence-electron chi connectivity index (χ1n) is 6.79. The molecule has 0 bridgehead atoms. The number of hydrogen-bond donors (Lipinski definition) is 2. The summed E-state index contributed by atoms with van der Waals surface area (Å²) in [5.41, 5.74) is 1.71. The number of hydrogen-bond acceptors (Lipinski definition) is 4. The predicted octanol–water partition coefficient (Wildman–Crippen LogP) is 2.14. The number of nitrogens with zero attached hydrogens (tertiary/aromatic N) is 2. The molecule has 0 unspecified atom stereocenters. The highest BCUT2D eigenvalue weighted by Gasteiger charge is 2.56. The monoisotopic (exact) mass is 247 g/mol. The fourth-order valence-corrected chi connectivity index (χ4v) is 3.61. The van der Waals surface area contributed by atoms with Crippen LogP contribution in [-0.2, 0) is 0 Å². The van der Waals surface area contributed by atoms with Crippen LogP contribution < -0.4 is 5.32 Å². The van der Waals surface area contributed by atoms with Gasteiger partial charge in [0.05, 0.1) is 6.61 Å². The van der Waals surface area contributed by atoms with Crippen LogP contribution in [0.2, 0.25) is 0 Å². The Kier molecular flexibility index (Phi) is 2.77. The summed E-state index contributed by atoms with van der Waals surface area (Å²) in [7, 11) is 0. The molecule has 0 aliphatic heterocycles. The van der Waals surface area contributed by atoms with E-state index >= 15 is 0 Å². The largest absolute Gasteiger partial charge is 0.396 e. The van der Waals surface area contributed by atoms with E-state index in [0.29, 0.717) is 11.4 Å². The number of rotatable bonds is 4. The fourth-order valence-electron chi connectivity index (χ4n) is 3.61. The highest BCUT2D eigenvalue weighted by atomic mass is 16.3. The van der Waals surface area contributed by atoms with Gasteiger partial charge in [0.2, 0.25) is 5.95 Å². The Morgan fingerprint density at radius 2 is 1.94 bits per heavy atom. The van der Waals surface area contributed by atoms with Gasteiger partial charge < -0.3 is 10.4 Å². The molecule has 2 N–H and O–H groups in total. The maximum absolute atomic E-state index is 9.63. The summed E-state index contributed by atoms with van der Waals surface area (Å²) in [5, 5.41) is 12.9. The molecule has 1 spiro atoms. The molecule has 98 valence electrons. The lowest BCUT2D eigenvalue weighted by atomic mass is 9.45. The lowest BCUT2D eigenvalue weighted by Crippen LogP contribution is -2.55. The summed E-state index contributed by atoms with van der Waals surface area (Å²) in [4.78, 5) is 8.48. The van der Waals surface area contributed by atoms with E-state index in [4.69, 9.17) is 0 Å². The Morgan fingerprint density at radius 1 is 1.28 bits per heavy atom. The van der Waals surface area contributed by atoms with E-state index in [1.807, 2.05) is 19.3 Å². The van der Waals surface area contributed by atoms with Crippen LogP contribution >= 0.6 is 0 Å². The minimum atomic E-state index is 0.0642. The lowest BCUT2D eigenvalue weighted by Gasteiger charge is -2.60. The molecular formula is C14H21N3O. The second kappa shape index (κ2) is 4.19. The van der Waals surface area contributed by atoms with Crippen molar-refractivity contribution in [2.45, 2.75) is 39.0 Å². The summed E-state index contributed by atoms with van der Waals surface area (Å²) in [6.45, 7) is 3.03. The average Bonchev–Trinajstić information content (AvgIpc) is 2.28. The lowest BCUT2D eigenvalue weighted by molar-refractivity contribution is -0.113. The van der Waals surface area contributed by atoms with Crippen LogP contribution in [0.15, 0.2) is 12.4 Å². The summed E-state index contributed by atoms with van der Waals surface area (Å²) >= 11 is 0. The van der Waals surface area contributed by atoms with Gasteiger partial charge in [-0.3, -0.25) is 0 Å². The SMILES string of the molecule is Cc1cnc(NCC2(CO)CC3(CCC3)C2)nc1. The maximum Gasteiger partial charge on any atom is 0.222 e. The zero-order valence-corrected chi connectivity index (χ0v) is 10.9. The van der Waals surface area contributed by atoms with Gasteiger partial charge in [0.1, 0.15) is 0 Å². The van der Waals surface area contributed by atoms with Gasteiger partial charge in [-0.25, -0.2) is 9.97 Å². The number of aromatic nitrogens is 2. The van der Waals surface area contributed by atoms with Crippen LogP contribution in [0.5, 0.6) is 0 Å². The van der Waals surface area contributed by atoms with Crippen molar-refractivity contribution in [3.05, 3.63) is 18.0 Å². The number of nitrogens with one attached hydrogen (secondary N) is 1. The van der Waals surface area contributed by atoms with Gasteiger partial charge in [-0.15, -0.1) is 0 Å². The van der Waals surface area contributed by atoms with Crippen LogP contribution in [0.3, 0.4) is 0 Å². The second-order valence-corrected chi connectivity index (χ2v) is 6.30. The third kappa shape index (κ3) is 1.99. The van der Waals surface area contributed by atoms with Gasteiger partial charge in [-0.1, -0.05) is 6.42 Å². The van der Waals surface area contributed by atoms with E-state index in [9.17, 15) is 5.11 Å². The number of aryl methyl sites for hydroxylation is 1. The van der Waals surface area contributed by atoms with E-state index in [-0.39, 0.29) is 12.0 Å². The Labute approximate surface area is 108 Å².